The quantitative estimate of drug-likeness (QED) is 0.870. The van der Waals surface area contributed by atoms with Crippen molar-refractivity contribution in [2.24, 2.45) is 0 Å². The molecule has 1 aromatic rings. The molecule has 1 heterocycles. The largest absolute Gasteiger partial charge is 0.497 e. The summed E-state index contributed by atoms with van der Waals surface area (Å²) in [5.74, 6) is 0.614. The molecule has 2 rings (SSSR count). The molecule has 1 saturated heterocycles. The number of hydrogen-bond donors (Lipinski definition) is 1. The molecule has 0 aliphatic carbocycles. The van der Waals surface area contributed by atoms with E-state index in [1.807, 2.05) is 6.07 Å². The van der Waals surface area contributed by atoms with Crippen LogP contribution in [-0.4, -0.2) is 38.2 Å². The number of unbranched alkanes of at least 4 members (excludes halogenated alkanes) is 1. The lowest BCUT2D eigenvalue weighted by molar-refractivity contribution is 0.160. The van der Waals surface area contributed by atoms with E-state index in [9.17, 15) is 4.39 Å². The van der Waals surface area contributed by atoms with Crippen molar-refractivity contribution in [1.82, 2.24) is 10.2 Å². The number of methoxy groups -OCH3 is 1. The fourth-order valence-electron chi connectivity index (χ4n) is 2.83. The summed E-state index contributed by atoms with van der Waals surface area (Å²) in [6, 6.07) is 5.23. The van der Waals surface area contributed by atoms with Crippen molar-refractivity contribution < 1.29 is 9.13 Å². The van der Waals surface area contributed by atoms with Gasteiger partial charge in [0.2, 0.25) is 0 Å². The Labute approximate surface area is 133 Å². The van der Waals surface area contributed by atoms with Crippen LogP contribution >= 0.6 is 12.4 Å². The number of nitrogens with one attached hydrogen (secondary N) is 1. The van der Waals surface area contributed by atoms with Crippen LogP contribution in [0.1, 0.15) is 37.8 Å². The van der Waals surface area contributed by atoms with E-state index >= 15 is 0 Å². The van der Waals surface area contributed by atoms with Crippen LogP contribution in [0.2, 0.25) is 0 Å². The molecular weight excluding hydrogens is 291 g/mol. The van der Waals surface area contributed by atoms with Gasteiger partial charge in [0.25, 0.3) is 0 Å². The van der Waals surface area contributed by atoms with Crippen molar-refractivity contribution in [2.75, 3.05) is 33.3 Å². The summed E-state index contributed by atoms with van der Waals surface area (Å²) in [5, 5.41) is 3.35. The van der Waals surface area contributed by atoms with Gasteiger partial charge in [-0.05, 0) is 24.6 Å². The maximum absolute atomic E-state index is 14.2. The van der Waals surface area contributed by atoms with Crippen LogP contribution < -0.4 is 10.1 Å². The van der Waals surface area contributed by atoms with Gasteiger partial charge in [0, 0.05) is 37.8 Å². The van der Waals surface area contributed by atoms with Crippen molar-refractivity contribution in [3.8, 4) is 5.75 Å². The minimum Gasteiger partial charge on any atom is -0.497 e. The number of benzene rings is 1. The third-order valence-corrected chi connectivity index (χ3v) is 3.99. The summed E-state index contributed by atoms with van der Waals surface area (Å²) in [6.45, 7) is 6.09. The molecular formula is C16H26ClFN2O. The van der Waals surface area contributed by atoms with Crippen LogP contribution in [0.4, 0.5) is 4.39 Å². The highest BCUT2D eigenvalue weighted by molar-refractivity contribution is 5.85. The normalized spacial score (nSPS) is 17.1. The predicted molar refractivity (Wildman–Crippen MR) is 86.9 cm³/mol. The van der Waals surface area contributed by atoms with E-state index in [1.165, 1.54) is 6.07 Å². The van der Waals surface area contributed by atoms with Crippen molar-refractivity contribution >= 4 is 12.4 Å². The van der Waals surface area contributed by atoms with Gasteiger partial charge in [-0.25, -0.2) is 4.39 Å². The van der Waals surface area contributed by atoms with E-state index in [-0.39, 0.29) is 24.3 Å². The molecule has 0 spiro atoms. The van der Waals surface area contributed by atoms with Gasteiger partial charge >= 0.3 is 0 Å². The third-order valence-electron chi connectivity index (χ3n) is 3.99. The van der Waals surface area contributed by atoms with E-state index in [1.54, 1.807) is 13.2 Å². The number of halogens is 2. The molecule has 3 nitrogen and oxygen atoms in total. The molecule has 0 bridgehead atoms. The summed E-state index contributed by atoms with van der Waals surface area (Å²) in [7, 11) is 1.63. The average molecular weight is 317 g/mol. The first-order valence-corrected chi connectivity index (χ1v) is 7.54. The van der Waals surface area contributed by atoms with Gasteiger partial charge in [0.1, 0.15) is 11.6 Å². The molecule has 1 aliphatic heterocycles. The molecule has 21 heavy (non-hydrogen) atoms. The first-order valence-electron chi connectivity index (χ1n) is 7.54. The lowest BCUT2D eigenvalue weighted by Crippen LogP contribution is -2.45. The first kappa shape index (κ1) is 18.2. The van der Waals surface area contributed by atoms with Gasteiger partial charge in [-0.1, -0.05) is 19.8 Å². The van der Waals surface area contributed by atoms with Crippen LogP contribution in [0.15, 0.2) is 18.2 Å². The van der Waals surface area contributed by atoms with Crippen LogP contribution in [0, 0.1) is 5.82 Å². The van der Waals surface area contributed by atoms with Gasteiger partial charge in [-0.15, -0.1) is 12.4 Å². The number of rotatable bonds is 6. The van der Waals surface area contributed by atoms with Crippen LogP contribution in [0.25, 0.3) is 0 Å². The van der Waals surface area contributed by atoms with E-state index in [0.717, 1.165) is 56.8 Å². The topological polar surface area (TPSA) is 24.5 Å². The van der Waals surface area contributed by atoms with E-state index in [4.69, 9.17) is 4.74 Å². The number of ether oxygens (including phenoxy) is 1. The zero-order valence-corrected chi connectivity index (χ0v) is 13.7. The zero-order valence-electron chi connectivity index (χ0n) is 12.9. The van der Waals surface area contributed by atoms with Crippen molar-refractivity contribution in [3.05, 3.63) is 29.6 Å². The maximum atomic E-state index is 14.2. The van der Waals surface area contributed by atoms with Crippen LogP contribution in [0.3, 0.4) is 0 Å². The zero-order chi connectivity index (χ0) is 14.4. The molecule has 1 aliphatic rings. The van der Waals surface area contributed by atoms with Gasteiger partial charge in [-0.3, -0.25) is 4.90 Å². The average Bonchev–Trinajstić information content (AvgIpc) is 2.50. The molecule has 120 valence electrons. The maximum Gasteiger partial charge on any atom is 0.128 e. The molecule has 0 saturated carbocycles. The molecule has 1 atom stereocenters. The Morgan fingerprint density at radius 1 is 1.33 bits per heavy atom. The number of piperazine rings is 1. The Balaban J connectivity index is 0.00000220. The van der Waals surface area contributed by atoms with E-state index < -0.39 is 0 Å². The minimum absolute atomic E-state index is 0. The Bertz CT molecular complexity index is 425. The summed E-state index contributed by atoms with van der Waals surface area (Å²) in [6.07, 6.45) is 3.25. The Kier molecular flexibility index (Phi) is 8.01. The van der Waals surface area contributed by atoms with Crippen molar-refractivity contribution in [3.63, 3.8) is 0 Å². The highest BCUT2D eigenvalue weighted by Crippen LogP contribution is 2.31. The molecule has 1 N–H and O–H groups in total. The van der Waals surface area contributed by atoms with Crippen LogP contribution in [0.5, 0.6) is 5.75 Å². The van der Waals surface area contributed by atoms with E-state index in [2.05, 4.69) is 17.1 Å². The molecule has 0 amide bonds. The second-order valence-electron chi connectivity index (χ2n) is 5.33. The number of hydrogen-bond acceptors (Lipinski definition) is 3. The Morgan fingerprint density at radius 3 is 2.67 bits per heavy atom. The monoisotopic (exact) mass is 316 g/mol. The van der Waals surface area contributed by atoms with Crippen molar-refractivity contribution in [1.29, 1.82) is 0 Å². The van der Waals surface area contributed by atoms with Gasteiger partial charge in [0.15, 0.2) is 0 Å². The molecule has 5 heteroatoms. The molecule has 0 radical (unpaired) electrons. The lowest BCUT2D eigenvalue weighted by Gasteiger charge is -2.35. The molecule has 1 aromatic carbocycles. The first-order chi connectivity index (χ1) is 9.76. The van der Waals surface area contributed by atoms with Gasteiger partial charge in [0.05, 0.1) is 7.11 Å². The predicted octanol–water partition coefficient (Wildman–Crippen LogP) is 3.39. The van der Waals surface area contributed by atoms with Gasteiger partial charge < -0.3 is 10.1 Å². The summed E-state index contributed by atoms with van der Waals surface area (Å²) >= 11 is 0. The minimum atomic E-state index is -0.120. The summed E-state index contributed by atoms with van der Waals surface area (Å²) in [4.78, 5) is 2.39. The Morgan fingerprint density at radius 2 is 2.05 bits per heavy atom. The number of nitrogens with zero attached hydrogens (tertiary/aromatic N) is 1. The van der Waals surface area contributed by atoms with E-state index in [0.29, 0.717) is 0 Å². The Hall–Kier alpha value is -0.840. The van der Waals surface area contributed by atoms with Crippen LogP contribution in [-0.2, 0) is 0 Å². The highest BCUT2D eigenvalue weighted by Gasteiger charge is 2.24. The fourth-order valence-corrected chi connectivity index (χ4v) is 2.83. The molecule has 0 unspecified atom stereocenters. The third kappa shape index (κ3) is 4.83. The standard InChI is InChI=1S/C16H25FN2O.ClH/c1-3-4-5-16(19-10-8-18-9-11-19)14-12-13(20-2)6-7-15(14)17;/h6-7,12,16,18H,3-5,8-11H2,1-2H3;1H/t16-;/m1./s1. The van der Waals surface area contributed by atoms with Crippen molar-refractivity contribution in [2.45, 2.75) is 32.2 Å². The van der Waals surface area contributed by atoms with Gasteiger partial charge in [-0.2, -0.15) is 0 Å². The smallest absolute Gasteiger partial charge is 0.128 e. The summed E-state index contributed by atoms with van der Waals surface area (Å²) in [5.41, 5.74) is 0.778. The lowest BCUT2D eigenvalue weighted by atomic mass is 9.98. The fraction of sp³-hybridized carbons (Fsp3) is 0.625. The summed E-state index contributed by atoms with van der Waals surface area (Å²) < 4.78 is 19.5. The second-order valence-corrected chi connectivity index (χ2v) is 5.33. The SMILES string of the molecule is CCCC[C@H](c1cc(OC)ccc1F)N1CCNCC1.Cl. The second kappa shape index (κ2) is 9.23. The molecule has 1 fully saturated rings. The highest BCUT2D eigenvalue weighted by atomic mass is 35.5. The molecule has 0 aromatic heterocycles.